The largest absolute Gasteiger partial charge is 0.319 e. The van der Waals surface area contributed by atoms with Crippen LogP contribution in [0, 0.1) is 13.8 Å². The number of benzene rings is 1. The molecular formula is C19H21N3O3S3. The van der Waals surface area contributed by atoms with E-state index in [1.165, 1.54) is 27.0 Å². The Balaban J connectivity index is 1.74. The van der Waals surface area contributed by atoms with Crippen LogP contribution in [0.2, 0.25) is 0 Å². The molecule has 148 valence electrons. The smallest absolute Gasteiger partial charge is 0.266 e. The number of carbonyl (C=O) groups is 1. The number of amides is 1. The number of rotatable bonds is 3. The molecule has 1 unspecified atom stereocenters. The summed E-state index contributed by atoms with van der Waals surface area (Å²) in [6, 6.07) is 6.67. The van der Waals surface area contributed by atoms with E-state index in [0.717, 1.165) is 21.3 Å². The summed E-state index contributed by atoms with van der Waals surface area (Å²) in [7, 11) is -1.77. The van der Waals surface area contributed by atoms with Crippen molar-refractivity contribution in [3.8, 4) is 0 Å². The monoisotopic (exact) mass is 435 g/mol. The molecule has 0 spiro atoms. The van der Waals surface area contributed by atoms with Crippen LogP contribution < -0.4 is 4.80 Å². The summed E-state index contributed by atoms with van der Waals surface area (Å²) in [6.07, 6.45) is 1.16. The lowest BCUT2D eigenvalue weighted by atomic mass is 10.1. The van der Waals surface area contributed by atoms with Gasteiger partial charge in [0.2, 0.25) is 0 Å². The lowest BCUT2D eigenvalue weighted by Gasteiger charge is -2.20. The molecule has 0 saturated carbocycles. The molecule has 3 heterocycles. The molecule has 0 radical (unpaired) electrons. The van der Waals surface area contributed by atoms with Gasteiger partial charge in [-0.2, -0.15) is 9.30 Å². The van der Waals surface area contributed by atoms with Crippen LogP contribution >= 0.6 is 22.7 Å². The number of hydrogen-bond acceptors (Lipinski definition) is 5. The minimum Gasteiger partial charge on any atom is -0.319 e. The number of hydrogen-bond donors (Lipinski definition) is 0. The van der Waals surface area contributed by atoms with Gasteiger partial charge < -0.3 is 4.57 Å². The molecule has 1 aromatic carbocycles. The number of nitrogens with zero attached hydrogens (tertiary/aromatic N) is 3. The minimum atomic E-state index is -3.66. The molecule has 1 atom stereocenters. The highest BCUT2D eigenvalue weighted by molar-refractivity contribution is 7.91. The maximum Gasteiger partial charge on any atom is 0.266 e. The number of aryl methyl sites for hydroxylation is 3. The van der Waals surface area contributed by atoms with E-state index < -0.39 is 22.0 Å². The first-order valence-electron chi connectivity index (χ1n) is 9.00. The fraction of sp³-hybridized carbons (Fsp3) is 0.368. The Hall–Kier alpha value is -1.81. The topological polar surface area (TPSA) is 71.7 Å². The number of thiophene rings is 1. The van der Waals surface area contributed by atoms with Gasteiger partial charge in [0.05, 0.1) is 10.2 Å². The molecule has 0 aliphatic carbocycles. The standard InChI is InChI=1S/C19H21N3O3S3/c1-12-8-9-13(2)17-16(12)21(3)19(27-17)20-18(23)14-6-4-10-22(14)28(24,25)15-7-5-11-26-15/h5,7-9,11,14H,4,6,10H2,1-3H3. The van der Waals surface area contributed by atoms with Gasteiger partial charge >= 0.3 is 0 Å². The molecule has 1 aliphatic rings. The number of thiazole rings is 1. The van der Waals surface area contributed by atoms with E-state index in [0.29, 0.717) is 24.2 Å². The zero-order chi connectivity index (χ0) is 20.1. The van der Waals surface area contributed by atoms with Crippen molar-refractivity contribution in [3.63, 3.8) is 0 Å². The van der Waals surface area contributed by atoms with Crippen molar-refractivity contribution in [2.75, 3.05) is 6.54 Å². The van der Waals surface area contributed by atoms with Crippen molar-refractivity contribution >= 4 is 48.8 Å². The molecule has 1 aliphatic heterocycles. The zero-order valence-electron chi connectivity index (χ0n) is 15.9. The van der Waals surface area contributed by atoms with Gasteiger partial charge in [-0.1, -0.05) is 29.5 Å². The van der Waals surface area contributed by atoms with E-state index in [4.69, 9.17) is 0 Å². The van der Waals surface area contributed by atoms with Crippen LogP contribution in [0.15, 0.2) is 38.8 Å². The Morgan fingerprint density at radius 1 is 1.21 bits per heavy atom. The Bertz CT molecular complexity index is 1220. The predicted molar refractivity (Wildman–Crippen MR) is 112 cm³/mol. The number of fused-ring (bicyclic) bond motifs is 1. The second kappa shape index (κ2) is 7.22. The molecule has 1 fully saturated rings. The van der Waals surface area contributed by atoms with Gasteiger partial charge in [-0.25, -0.2) is 8.42 Å². The quantitative estimate of drug-likeness (QED) is 0.634. The third-order valence-corrected chi connectivity index (χ3v) is 9.65. The highest BCUT2D eigenvalue weighted by atomic mass is 32.2. The van der Waals surface area contributed by atoms with Crippen LogP contribution in [0.5, 0.6) is 0 Å². The van der Waals surface area contributed by atoms with Gasteiger partial charge in [-0.05, 0) is 49.3 Å². The van der Waals surface area contributed by atoms with Crippen LogP contribution in [0.25, 0.3) is 10.2 Å². The molecule has 1 amide bonds. The third-order valence-electron chi connectivity index (χ3n) is 5.10. The van der Waals surface area contributed by atoms with Gasteiger partial charge in [0.1, 0.15) is 10.3 Å². The highest BCUT2D eigenvalue weighted by Gasteiger charge is 2.39. The van der Waals surface area contributed by atoms with E-state index in [2.05, 4.69) is 17.1 Å². The molecule has 9 heteroatoms. The first-order valence-corrected chi connectivity index (χ1v) is 12.1. The van der Waals surface area contributed by atoms with Crippen LogP contribution in [0.1, 0.15) is 24.0 Å². The van der Waals surface area contributed by atoms with Crippen molar-refractivity contribution in [2.45, 2.75) is 36.9 Å². The highest BCUT2D eigenvalue weighted by Crippen LogP contribution is 2.29. The summed E-state index contributed by atoms with van der Waals surface area (Å²) in [6.45, 7) is 4.42. The van der Waals surface area contributed by atoms with Crippen molar-refractivity contribution in [2.24, 2.45) is 12.0 Å². The van der Waals surface area contributed by atoms with Crippen molar-refractivity contribution in [1.82, 2.24) is 8.87 Å². The lowest BCUT2D eigenvalue weighted by Crippen LogP contribution is -2.40. The van der Waals surface area contributed by atoms with Crippen molar-refractivity contribution in [3.05, 3.63) is 45.6 Å². The third kappa shape index (κ3) is 3.16. The summed E-state index contributed by atoms with van der Waals surface area (Å²) in [5.41, 5.74) is 3.32. The van der Waals surface area contributed by atoms with Crippen LogP contribution in [0.3, 0.4) is 0 Å². The van der Waals surface area contributed by atoms with Crippen LogP contribution in [-0.2, 0) is 21.9 Å². The molecule has 1 saturated heterocycles. The first kappa shape index (κ1) is 19.5. The molecule has 3 aromatic rings. The zero-order valence-corrected chi connectivity index (χ0v) is 18.3. The molecule has 28 heavy (non-hydrogen) atoms. The summed E-state index contributed by atoms with van der Waals surface area (Å²) >= 11 is 2.64. The normalized spacial score (nSPS) is 19.0. The summed E-state index contributed by atoms with van der Waals surface area (Å²) in [5, 5.41) is 1.73. The molecule has 4 rings (SSSR count). The van der Waals surface area contributed by atoms with E-state index in [9.17, 15) is 13.2 Å². The van der Waals surface area contributed by atoms with Crippen molar-refractivity contribution in [1.29, 1.82) is 0 Å². The maximum atomic E-state index is 13.0. The van der Waals surface area contributed by atoms with E-state index in [1.807, 2.05) is 25.5 Å². The molecular weight excluding hydrogens is 414 g/mol. The van der Waals surface area contributed by atoms with Gasteiger partial charge in [-0.3, -0.25) is 4.79 Å². The summed E-state index contributed by atoms with van der Waals surface area (Å²) in [4.78, 5) is 17.9. The average Bonchev–Trinajstić information content (AvgIpc) is 3.39. The Labute approximate surface area is 171 Å². The average molecular weight is 436 g/mol. The Morgan fingerprint density at radius 3 is 2.64 bits per heavy atom. The molecule has 6 nitrogen and oxygen atoms in total. The van der Waals surface area contributed by atoms with Gasteiger partial charge in [0.15, 0.2) is 4.80 Å². The maximum absolute atomic E-state index is 13.0. The van der Waals surface area contributed by atoms with E-state index >= 15 is 0 Å². The SMILES string of the molecule is Cc1ccc(C)c2c1sc(=NC(=O)C1CCCN1S(=O)(=O)c1cccs1)n2C. The van der Waals surface area contributed by atoms with Crippen molar-refractivity contribution < 1.29 is 13.2 Å². The summed E-state index contributed by atoms with van der Waals surface area (Å²) < 4.78 is 30.4. The van der Waals surface area contributed by atoms with Crippen LogP contribution in [-0.4, -0.2) is 35.8 Å². The van der Waals surface area contributed by atoms with Crippen LogP contribution in [0.4, 0.5) is 0 Å². The van der Waals surface area contributed by atoms with E-state index in [1.54, 1.807) is 17.5 Å². The number of carbonyl (C=O) groups excluding carboxylic acids is 1. The number of aromatic nitrogens is 1. The van der Waals surface area contributed by atoms with E-state index in [-0.39, 0.29) is 4.21 Å². The van der Waals surface area contributed by atoms with Gasteiger partial charge in [-0.15, -0.1) is 11.3 Å². The summed E-state index contributed by atoms with van der Waals surface area (Å²) in [5.74, 6) is -0.393. The number of sulfonamides is 1. The molecule has 2 aromatic heterocycles. The first-order chi connectivity index (χ1) is 13.3. The Kier molecular flexibility index (Phi) is 5.03. The molecule has 0 bridgehead atoms. The lowest BCUT2D eigenvalue weighted by molar-refractivity contribution is -0.121. The molecule has 0 N–H and O–H groups in total. The fourth-order valence-electron chi connectivity index (χ4n) is 3.64. The van der Waals surface area contributed by atoms with Gasteiger partial charge in [0.25, 0.3) is 15.9 Å². The van der Waals surface area contributed by atoms with Gasteiger partial charge in [0, 0.05) is 13.6 Å². The second-order valence-corrected chi connectivity index (χ2v) is 11.0. The second-order valence-electron chi connectivity index (χ2n) is 6.98. The Morgan fingerprint density at radius 2 is 1.96 bits per heavy atom. The fourth-order valence-corrected chi connectivity index (χ4v) is 7.58. The minimum absolute atomic E-state index is 0.269. The predicted octanol–water partition coefficient (Wildman–Crippen LogP) is 3.20.